The number of rotatable bonds is 1. The minimum Gasteiger partial charge on any atom is -0.453 e. The molecule has 0 saturated carbocycles. The van der Waals surface area contributed by atoms with Crippen LogP contribution in [-0.2, 0) is 4.74 Å². The summed E-state index contributed by atoms with van der Waals surface area (Å²) in [5, 5.41) is 0. The number of hydrogen-bond donors (Lipinski definition) is 0. The maximum absolute atomic E-state index is 11.3. The van der Waals surface area contributed by atoms with Gasteiger partial charge in [0.1, 0.15) is 0 Å². The van der Waals surface area contributed by atoms with Crippen LogP contribution in [0.25, 0.3) is 0 Å². The van der Waals surface area contributed by atoms with Gasteiger partial charge in [0.15, 0.2) is 0 Å². The second kappa shape index (κ2) is 4.49. The summed E-state index contributed by atoms with van der Waals surface area (Å²) in [6.45, 7) is 6.09. The third kappa shape index (κ3) is 2.61. The molecule has 1 saturated heterocycles. The molecule has 1 aliphatic rings. The number of piperidine rings is 1. The number of amides is 1. The molecular weight excluding hydrogens is 166 g/mol. The van der Waals surface area contributed by atoms with Crippen LogP contribution in [0, 0.1) is 11.8 Å². The lowest BCUT2D eigenvalue weighted by molar-refractivity contribution is 0.0861. The van der Waals surface area contributed by atoms with Crippen LogP contribution in [0.5, 0.6) is 0 Å². The zero-order valence-electron chi connectivity index (χ0n) is 8.75. The van der Waals surface area contributed by atoms with Gasteiger partial charge in [0.25, 0.3) is 0 Å². The van der Waals surface area contributed by atoms with Gasteiger partial charge in [0.2, 0.25) is 0 Å². The van der Waals surface area contributed by atoms with E-state index in [-0.39, 0.29) is 6.09 Å². The molecule has 0 N–H and O–H groups in total. The van der Waals surface area contributed by atoms with Gasteiger partial charge in [-0.05, 0) is 18.3 Å². The Kier molecular flexibility index (Phi) is 3.58. The van der Waals surface area contributed by atoms with Crippen molar-refractivity contribution in [2.24, 2.45) is 11.8 Å². The summed E-state index contributed by atoms with van der Waals surface area (Å²) < 4.78 is 4.72. The van der Waals surface area contributed by atoms with E-state index in [0.717, 1.165) is 19.5 Å². The maximum Gasteiger partial charge on any atom is 0.409 e. The topological polar surface area (TPSA) is 29.5 Å². The molecule has 0 aromatic carbocycles. The molecular formula is C10H19NO2. The second-order valence-corrected chi connectivity index (χ2v) is 3.99. The second-order valence-electron chi connectivity index (χ2n) is 3.99. The molecule has 3 heteroatoms. The van der Waals surface area contributed by atoms with Crippen molar-refractivity contribution in [2.75, 3.05) is 20.2 Å². The fraction of sp³-hybridized carbons (Fsp3) is 0.900. The average Bonchev–Trinajstić information content (AvgIpc) is 2.15. The molecule has 0 radical (unpaired) electrons. The van der Waals surface area contributed by atoms with Crippen molar-refractivity contribution in [1.29, 1.82) is 0 Å². The van der Waals surface area contributed by atoms with Crippen molar-refractivity contribution in [3.05, 3.63) is 0 Å². The summed E-state index contributed by atoms with van der Waals surface area (Å²) in [6.07, 6.45) is 2.21. The fourth-order valence-electron chi connectivity index (χ4n) is 2.05. The molecule has 1 fully saturated rings. The van der Waals surface area contributed by atoms with Gasteiger partial charge in [0.05, 0.1) is 7.11 Å². The van der Waals surface area contributed by atoms with Crippen molar-refractivity contribution < 1.29 is 9.53 Å². The highest BCUT2D eigenvalue weighted by atomic mass is 16.5. The molecule has 13 heavy (non-hydrogen) atoms. The van der Waals surface area contributed by atoms with Crippen molar-refractivity contribution in [2.45, 2.75) is 26.7 Å². The predicted octanol–water partition coefficient (Wildman–Crippen LogP) is 2.12. The lowest BCUT2D eigenvalue weighted by atomic mass is 9.89. The SMILES string of the molecule is CCC1CC(C)CN(C(=O)OC)C1. The van der Waals surface area contributed by atoms with E-state index in [1.165, 1.54) is 13.5 Å². The predicted molar refractivity (Wildman–Crippen MR) is 51.5 cm³/mol. The number of likely N-dealkylation sites (tertiary alicyclic amines) is 1. The standard InChI is InChI=1S/C10H19NO2/c1-4-9-5-8(2)6-11(7-9)10(12)13-3/h8-9H,4-7H2,1-3H3. The highest BCUT2D eigenvalue weighted by molar-refractivity contribution is 5.67. The van der Waals surface area contributed by atoms with Crippen LogP contribution >= 0.6 is 0 Å². The number of carbonyl (C=O) groups is 1. The van der Waals surface area contributed by atoms with Crippen LogP contribution < -0.4 is 0 Å². The van der Waals surface area contributed by atoms with Gasteiger partial charge in [-0.2, -0.15) is 0 Å². The Morgan fingerprint density at radius 2 is 2.23 bits per heavy atom. The molecule has 1 heterocycles. The monoisotopic (exact) mass is 185 g/mol. The minimum atomic E-state index is -0.176. The Morgan fingerprint density at radius 3 is 2.77 bits per heavy atom. The van der Waals surface area contributed by atoms with Gasteiger partial charge >= 0.3 is 6.09 Å². The molecule has 3 nitrogen and oxygen atoms in total. The largest absolute Gasteiger partial charge is 0.453 e. The van der Waals surface area contributed by atoms with Gasteiger partial charge in [-0.3, -0.25) is 0 Å². The van der Waals surface area contributed by atoms with E-state index in [2.05, 4.69) is 13.8 Å². The first-order valence-corrected chi connectivity index (χ1v) is 5.00. The lowest BCUT2D eigenvalue weighted by Crippen LogP contribution is -2.43. The van der Waals surface area contributed by atoms with E-state index >= 15 is 0 Å². The smallest absolute Gasteiger partial charge is 0.409 e. The van der Waals surface area contributed by atoms with Gasteiger partial charge in [-0.1, -0.05) is 20.3 Å². The van der Waals surface area contributed by atoms with Crippen LogP contribution in [0.4, 0.5) is 4.79 Å². The Labute approximate surface area is 80.1 Å². The van der Waals surface area contributed by atoms with E-state index in [0.29, 0.717) is 11.8 Å². The van der Waals surface area contributed by atoms with Gasteiger partial charge in [0, 0.05) is 13.1 Å². The molecule has 76 valence electrons. The summed E-state index contributed by atoms with van der Waals surface area (Å²) in [6, 6.07) is 0. The highest BCUT2D eigenvalue weighted by Gasteiger charge is 2.26. The van der Waals surface area contributed by atoms with E-state index < -0.39 is 0 Å². The van der Waals surface area contributed by atoms with Crippen LogP contribution in [0.15, 0.2) is 0 Å². The van der Waals surface area contributed by atoms with Crippen molar-refractivity contribution in [1.82, 2.24) is 4.90 Å². The molecule has 1 amide bonds. The van der Waals surface area contributed by atoms with E-state index in [1.54, 1.807) is 0 Å². The number of methoxy groups -OCH3 is 1. The van der Waals surface area contributed by atoms with Gasteiger partial charge in [-0.15, -0.1) is 0 Å². The normalized spacial score (nSPS) is 28.7. The Bertz CT molecular complexity index is 182. The van der Waals surface area contributed by atoms with Crippen LogP contribution in [0.1, 0.15) is 26.7 Å². The van der Waals surface area contributed by atoms with Gasteiger partial charge in [-0.25, -0.2) is 4.79 Å². The van der Waals surface area contributed by atoms with E-state index in [1.807, 2.05) is 4.90 Å². The lowest BCUT2D eigenvalue weighted by Gasteiger charge is -2.35. The first-order valence-electron chi connectivity index (χ1n) is 5.00. The molecule has 1 rings (SSSR count). The van der Waals surface area contributed by atoms with Crippen molar-refractivity contribution in [3.8, 4) is 0 Å². The molecule has 0 aliphatic carbocycles. The zero-order valence-corrected chi connectivity index (χ0v) is 8.75. The summed E-state index contributed by atoms with van der Waals surface area (Å²) in [5.74, 6) is 1.26. The molecule has 2 unspecified atom stereocenters. The summed E-state index contributed by atoms with van der Waals surface area (Å²) in [7, 11) is 1.45. The molecule has 0 bridgehead atoms. The average molecular weight is 185 g/mol. The summed E-state index contributed by atoms with van der Waals surface area (Å²) in [5.41, 5.74) is 0. The number of carbonyl (C=O) groups excluding carboxylic acids is 1. The maximum atomic E-state index is 11.3. The minimum absolute atomic E-state index is 0.176. The van der Waals surface area contributed by atoms with Crippen LogP contribution in [0.3, 0.4) is 0 Å². The third-order valence-electron chi connectivity index (χ3n) is 2.76. The molecule has 1 aliphatic heterocycles. The highest BCUT2D eigenvalue weighted by Crippen LogP contribution is 2.23. The molecule has 0 aromatic rings. The van der Waals surface area contributed by atoms with E-state index in [9.17, 15) is 4.79 Å². The third-order valence-corrected chi connectivity index (χ3v) is 2.76. The first kappa shape index (κ1) is 10.4. The number of ether oxygens (including phenoxy) is 1. The Hall–Kier alpha value is -0.730. The van der Waals surface area contributed by atoms with Crippen LogP contribution in [-0.4, -0.2) is 31.2 Å². The molecule has 2 atom stereocenters. The quantitative estimate of drug-likeness (QED) is 0.626. The van der Waals surface area contributed by atoms with Crippen molar-refractivity contribution in [3.63, 3.8) is 0 Å². The number of hydrogen-bond acceptors (Lipinski definition) is 2. The Balaban J connectivity index is 2.51. The zero-order chi connectivity index (χ0) is 9.84. The number of nitrogens with zero attached hydrogens (tertiary/aromatic N) is 1. The van der Waals surface area contributed by atoms with Crippen LogP contribution in [0.2, 0.25) is 0 Å². The Morgan fingerprint density at radius 1 is 1.54 bits per heavy atom. The summed E-state index contributed by atoms with van der Waals surface area (Å²) >= 11 is 0. The summed E-state index contributed by atoms with van der Waals surface area (Å²) in [4.78, 5) is 13.1. The van der Waals surface area contributed by atoms with Gasteiger partial charge < -0.3 is 9.64 Å². The van der Waals surface area contributed by atoms with E-state index in [4.69, 9.17) is 4.74 Å². The molecule has 0 spiro atoms. The van der Waals surface area contributed by atoms with Crippen molar-refractivity contribution >= 4 is 6.09 Å². The first-order chi connectivity index (χ1) is 6.17. The molecule has 0 aromatic heterocycles. The fourth-order valence-corrected chi connectivity index (χ4v) is 2.05.